The highest BCUT2D eigenvalue weighted by atomic mass is 16.3. The van der Waals surface area contributed by atoms with Crippen LogP contribution in [0.25, 0.3) is 0 Å². The summed E-state index contributed by atoms with van der Waals surface area (Å²) in [5.41, 5.74) is 2.58. The molecule has 1 atom stereocenters. The standard InChI is InChI=1S/C22H27N5O3/c1-24(2)14-6-4-13(5-7-14)23-17-12-18(28)25(3)20-19(17)21(29)27(16-10-11-16)22(30)26(20)15-8-9-15/h4-7,12,15-16,22-23,30H,8-11H2,1-3H3. The van der Waals surface area contributed by atoms with Crippen LogP contribution in [0, 0.1) is 0 Å². The van der Waals surface area contributed by atoms with E-state index < -0.39 is 6.35 Å². The summed E-state index contributed by atoms with van der Waals surface area (Å²) in [5.74, 6) is 0.284. The molecule has 1 amide bonds. The van der Waals surface area contributed by atoms with Gasteiger partial charge in [0.05, 0.1) is 5.69 Å². The second kappa shape index (κ2) is 6.77. The van der Waals surface area contributed by atoms with Crippen LogP contribution >= 0.6 is 0 Å². The molecule has 5 rings (SSSR count). The summed E-state index contributed by atoms with van der Waals surface area (Å²) in [6.07, 6.45) is 2.67. The molecule has 0 bridgehead atoms. The van der Waals surface area contributed by atoms with Crippen molar-refractivity contribution in [1.82, 2.24) is 9.47 Å². The quantitative estimate of drug-likeness (QED) is 0.787. The minimum atomic E-state index is -1.02. The average Bonchev–Trinajstić information content (AvgIpc) is 3.60. The lowest BCUT2D eigenvalue weighted by Crippen LogP contribution is -2.58. The number of amides is 1. The highest BCUT2D eigenvalue weighted by Gasteiger charge is 2.50. The number of aliphatic hydroxyl groups is 1. The van der Waals surface area contributed by atoms with Crippen molar-refractivity contribution in [3.05, 3.63) is 46.2 Å². The van der Waals surface area contributed by atoms with Crippen molar-refractivity contribution in [2.45, 2.75) is 44.1 Å². The van der Waals surface area contributed by atoms with Gasteiger partial charge in [0.1, 0.15) is 11.4 Å². The highest BCUT2D eigenvalue weighted by Crippen LogP contribution is 2.44. The fourth-order valence-corrected chi connectivity index (χ4v) is 4.19. The lowest BCUT2D eigenvalue weighted by molar-refractivity contribution is -0.00412. The number of benzene rings is 1. The van der Waals surface area contributed by atoms with Crippen molar-refractivity contribution in [1.29, 1.82) is 0 Å². The molecule has 1 unspecified atom stereocenters. The van der Waals surface area contributed by atoms with Gasteiger partial charge in [0.25, 0.3) is 11.5 Å². The van der Waals surface area contributed by atoms with E-state index in [-0.39, 0.29) is 23.6 Å². The van der Waals surface area contributed by atoms with Gasteiger partial charge in [-0.2, -0.15) is 0 Å². The Kier molecular flexibility index (Phi) is 4.28. The van der Waals surface area contributed by atoms with Crippen molar-refractivity contribution < 1.29 is 9.90 Å². The molecule has 2 saturated carbocycles. The number of anilines is 4. The molecule has 8 heteroatoms. The van der Waals surface area contributed by atoms with Crippen LogP contribution in [0.3, 0.4) is 0 Å². The molecule has 0 spiro atoms. The van der Waals surface area contributed by atoms with Crippen molar-refractivity contribution in [2.75, 3.05) is 29.2 Å². The Bertz CT molecular complexity index is 1050. The van der Waals surface area contributed by atoms with Crippen LogP contribution in [0.1, 0.15) is 36.0 Å². The number of carbonyl (C=O) groups excluding carboxylic acids is 1. The third kappa shape index (κ3) is 3.02. The van der Waals surface area contributed by atoms with E-state index in [1.54, 1.807) is 11.9 Å². The van der Waals surface area contributed by atoms with Gasteiger partial charge in [-0.05, 0) is 49.9 Å². The first-order valence-electron chi connectivity index (χ1n) is 10.4. The first-order valence-corrected chi connectivity index (χ1v) is 10.4. The van der Waals surface area contributed by atoms with Gasteiger partial charge in [-0.15, -0.1) is 0 Å². The van der Waals surface area contributed by atoms with Crippen molar-refractivity contribution in [3.63, 3.8) is 0 Å². The van der Waals surface area contributed by atoms with Gasteiger partial charge in [0, 0.05) is 50.7 Å². The molecule has 1 aliphatic heterocycles. The summed E-state index contributed by atoms with van der Waals surface area (Å²) < 4.78 is 1.49. The molecular formula is C22H27N5O3. The number of fused-ring (bicyclic) bond motifs is 1. The van der Waals surface area contributed by atoms with Crippen LogP contribution in [0.2, 0.25) is 0 Å². The van der Waals surface area contributed by atoms with Gasteiger partial charge >= 0.3 is 0 Å². The molecule has 3 aliphatic rings. The Morgan fingerprint density at radius 1 is 1.00 bits per heavy atom. The van der Waals surface area contributed by atoms with Crippen LogP contribution in [0.5, 0.6) is 0 Å². The third-order valence-electron chi connectivity index (χ3n) is 6.14. The van der Waals surface area contributed by atoms with Gasteiger partial charge in [-0.1, -0.05) is 0 Å². The number of aliphatic hydroxyl groups excluding tert-OH is 1. The Morgan fingerprint density at radius 2 is 1.60 bits per heavy atom. The zero-order valence-electron chi connectivity index (χ0n) is 17.5. The maximum absolute atomic E-state index is 13.5. The first-order chi connectivity index (χ1) is 14.4. The molecule has 8 nitrogen and oxygen atoms in total. The second-order valence-electron chi connectivity index (χ2n) is 8.65. The molecule has 2 fully saturated rings. The molecule has 158 valence electrons. The van der Waals surface area contributed by atoms with Gasteiger partial charge < -0.3 is 20.2 Å². The minimum Gasteiger partial charge on any atom is -0.378 e. The molecule has 2 heterocycles. The fraction of sp³-hybridized carbons (Fsp3) is 0.455. The maximum atomic E-state index is 13.5. The molecule has 2 aromatic rings. The summed E-state index contributed by atoms with van der Waals surface area (Å²) in [5, 5.41) is 14.3. The van der Waals surface area contributed by atoms with Crippen molar-refractivity contribution in [2.24, 2.45) is 7.05 Å². The summed E-state index contributed by atoms with van der Waals surface area (Å²) in [7, 11) is 5.62. The third-order valence-corrected chi connectivity index (χ3v) is 6.14. The monoisotopic (exact) mass is 409 g/mol. The number of hydrogen-bond acceptors (Lipinski definition) is 6. The van der Waals surface area contributed by atoms with E-state index in [1.165, 1.54) is 10.6 Å². The summed E-state index contributed by atoms with van der Waals surface area (Å²) in [6, 6.07) is 9.50. The van der Waals surface area contributed by atoms with Crippen LogP contribution in [-0.2, 0) is 7.05 Å². The zero-order valence-corrected chi connectivity index (χ0v) is 17.5. The van der Waals surface area contributed by atoms with E-state index in [4.69, 9.17) is 0 Å². The van der Waals surface area contributed by atoms with Crippen molar-refractivity contribution >= 4 is 28.8 Å². The fourth-order valence-electron chi connectivity index (χ4n) is 4.19. The molecule has 2 N–H and O–H groups in total. The predicted octanol–water partition coefficient (Wildman–Crippen LogP) is 2.06. The maximum Gasteiger partial charge on any atom is 0.263 e. The number of nitrogens with one attached hydrogen (secondary N) is 1. The van der Waals surface area contributed by atoms with E-state index in [9.17, 15) is 14.7 Å². The van der Waals surface area contributed by atoms with Crippen LogP contribution in [0.15, 0.2) is 35.1 Å². The van der Waals surface area contributed by atoms with E-state index in [0.717, 1.165) is 37.1 Å². The summed E-state index contributed by atoms with van der Waals surface area (Å²) in [6.45, 7) is 0. The molecule has 0 radical (unpaired) electrons. The summed E-state index contributed by atoms with van der Waals surface area (Å²) in [4.78, 5) is 31.7. The van der Waals surface area contributed by atoms with Gasteiger partial charge in [-0.3, -0.25) is 19.1 Å². The lowest BCUT2D eigenvalue weighted by atomic mass is 10.1. The van der Waals surface area contributed by atoms with Crippen LogP contribution < -0.4 is 20.7 Å². The molecule has 2 aliphatic carbocycles. The SMILES string of the molecule is CN(C)c1ccc(Nc2cc(=O)n(C)c3c2C(=O)N(C2CC2)C(O)N3C2CC2)cc1. The molecule has 1 aromatic heterocycles. The van der Waals surface area contributed by atoms with E-state index >= 15 is 0 Å². The number of rotatable bonds is 5. The largest absolute Gasteiger partial charge is 0.378 e. The Morgan fingerprint density at radius 3 is 2.17 bits per heavy atom. The highest BCUT2D eigenvalue weighted by molar-refractivity contribution is 6.07. The van der Waals surface area contributed by atoms with Gasteiger partial charge in [-0.25, -0.2) is 0 Å². The molecular weight excluding hydrogens is 382 g/mol. The summed E-state index contributed by atoms with van der Waals surface area (Å²) >= 11 is 0. The number of hydrogen-bond donors (Lipinski definition) is 2. The number of pyridine rings is 1. The Hall–Kier alpha value is -3.00. The van der Waals surface area contributed by atoms with Gasteiger partial charge in [0.2, 0.25) is 6.35 Å². The lowest BCUT2D eigenvalue weighted by Gasteiger charge is -2.44. The smallest absolute Gasteiger partial charge is 0.263 e. The molecule has 30 heavy (non-hydrogen) atoms. The molecule has 1 aromatic carbocycles. The zero-order chi connectivity index (χ0) is 21.2. The second-order valence-corrected chi connectivity index (χ2v) is 8.65. The van der Waals surface area contributed by atoms with E-state index in [0.29, 0.717) is 17.1 Å². The minimum absolute atomic E-state index is 0.0614. The first kappa shape index (κ1) is 19.0. The average molecular weight is 409 g/mol. The number of carbonyl (C=O) groups is 1. The topological polar surface area (TPSA) is 81.0 Å². The number of aromatic nitrogens is 1. The number of nitrogens with zero attached hydrogens (tertiary/aromatic N) is 4. The van der Waals surface area contributed by atoms with Crippen molar-refractivity contribution in [3.8, 4) is 0 Å². The Balaban J connectivity index is 1.62. The predicted molar refractivity (Wildman–Crippen MR) is 116 cm³/mol. The Labute approximate surface area is 175 Å². The van der Waals surface area contributed by atoms with Gasteiger partial charge in [0.15, 0.2) is 0 Å². The van der Waals surface area contributed by atoms with Crippen LogP contribution in [0.4, 0.5) is 22.9 Å². The molecule has 0 saturated heterocycles. The van der Waals surface area contributed by atoms with Crippen LogP contribution in [-0.4, -0.2) is 53.0 Å². The van der Waals surface area contributed by atoms with E-state index in [2.05, 4.69) is 5.32 Å². The normalized spacial score (nSPS) is 20.9. The van der Waals surface area contributed by atoms with E-state index in [1.807, 2.05) is 48.2 Å².